The Morgan fingerprint density at radius 1 is 0.941 bits per heavy atom. The van der Waals surface area contributed by atoms with Crippen molar-refractivity contribution in [3.63, 3.8) is 0 Å². The van der Waals surface area contributed by atoms with Gasteiger partial charge >= 0.3 is 12.3 Å². The predicted octanol–water partition coefficient (Wildman–Crippen LogP) is 5.95. The minimum atomic E-state index is -4.52. The third-order valence-electron chi connectivity index (χ3n) is 4.94. The molecule has 0 spiro atoms. The molecule has 0 N–H and O–H groups in total. The summed E-state index contributed by atoms with van der Waals surface area (Å²) in [5, 5.41) is 0. The normalized spacial score (nSPS) is 15.0. The van der Waals surface area contributed by atoms with Crippen LogP contribution in [0.15, 0.2) is 64.4 Å². The van der Waals surface area contributed by atoms with Gasteiger partial charge in [0.15, 0.2) is 0 Å². The van der Waals surface area contributed by atoms with Crippen LogP contribution < -0.4 is 0 Å². The highest BCUT2D eigenvalue weighted by Gasteiger charge is 2.34. The van der Waals surface area contributed by atoms with Crippen LogP contribution >= 0.6 is 11.8 Å². The highest BCUT2D eigenvalue weighted by Crippen LogP contribution is 2.40. The molecule has 1 aliphatic heterocycles. The Bertz CT molecular complexity index is 1040. The van der Waals surface area contributed by atoms with Gasteiger partial charge in [0.2, 0.25) is 5.91 Å². The van der Waals surface area contributed by atoms with Crippen molar-refractivity contribution < 1.29 is 27.5 Å². The molecule has 0 atom stereocenters. The Kier molecular flexibility index (Phi) is 7.97. The van der Waals surface area contributed by atoms with Crippen molar-refractivity contribution in [2.45, 2.75) is 42.3 Å². The van der Waals surface area contributed by atoms with E-state index >= 15 is 0 Å². The lowest BCUT2D eigenvalue weighted by Gasteiger charge is -2.35. The van der Waals surface area contributed by atoms with Crippen molar-refractivity contribution in [2.24, 2.45) is 0 Å². The third-order valence-corrected chi connectivity index (χ3v) is 6.03. The Balaban J connectivity index is 1.65. The molecule has 1 heterocycles. The number of benzene rings is 2. The summed E-state index contributed by atoms with van der Waals surface area (Å²) >= 11 is 1.04. The van der Waals surface area contributed by atoms with Crippen molar-refractivity contribution >= 4 is 29.8 Å². The standard InChI is InChI=1S/C25H27F3N2O3S/c1-24(2,3)33-23(32)30-15-13-29(14-16-30)22(31)12-10-18-9-11-21(20(17-18)25(26,27)28)34-19-7-5-4-6-8-19/h4-12,17H,13-16H2,1-3H3. The number of hydrogen-bond donors (Lipinski definition) is 0. The summed E-state index contributed by atoms with van der Waals surface area (Å²) in [7, 11) is 0. The Morgan fingerprint density at radius 3 is 2.15 bits per heavy atom. The molecule has 0 aromatic heterocycles. The largest absolute Gasteiger partial charge is 0.444 e. The summed E-state index contributed by atoms with van der Waals surface area (Å²) in [4.78, 5) is 28.6. The molecule has 2 aromatic carbocycles. The molecule has 0 radical (unpaired) electrons. The number of carbonyl (C=O) groups is 2. The summed E-state index contributed by atoms with van der Waals surface area (Å²) in [6.45, 7) is 6.66. The van der Waals surface area contributed by atoms with Crippen molar-refractivity contribution in [2.75, 3.05) is 26.2 Å². The molecule has 2 amide bonds. The van der Waals surface area contributed by atoms with Crippen LogP contribution in [-0.4, -0.2) is 53.6 Å². The van der Waals surface area contributed by atoms with E-state index in [0.717, 1.165) is 17.8 Å². The van der Waals surface area contributed by atoms with Gasteiger partial charge in [-0.15, -0.1) is 0 Å². The highest BCUT2D eigenvalue weighted by molar-refractivity contribution is 7.99. The van der Waals surface area contributed by atoms with Crippen molar-refractivity contribution in [3.05, 3.63) is 65.7 Å². The number of carbonyl (C=O) groups excluding carboxylic acids is 2. The van der Waals surface area contributed by atoms with Crippen LogP contribution in [0.1, 0.15) is 31.9 Å². The van der Waals surface area contributed by atoms with Gasteiger partial charge in [-0.2, -0.15) is 13.2 Å². The van der Waals surface area contributed by atoms with Crippen LogP contribution in [0.25, 0.3) is 6.08 Å². The molecule has 0 unspecified atom stereocenters. The first-order valence-electron chi connectivity index (χ1n) is 10.8. The Morgan fingerprint density at radius 2 is 1.56 bits per heavy atom. The van der Waals surface area contributed by atoms with Crippen molar-refractivity contribution in [1.82, 2.24) is 9.80 Å². The lowest BCUT2D eigenvalue weighted by atomic mass is 10.1. The average molecular weight is 493 g/mol. The molecular weight excluding hydrogens is 465 g/mol. The number of piperazine rings is 1. The zero-order valence-electron chi connectivity index (χ0n) is 19.3. The number of halogens is 3. The quantitative estimate of drug-likeness (QED) is 0.495. The van der Waals surface area contributed by atoms with E-state index in [1.54, 1.807) is 62.1 Å². The number of nitrogens with zero attached hydrogens (tertiary/aromatic N) is 2. The van der Waals surface area contributed by atoms with Crippen LogP contribution in [0.2, 0.25) is 0 Å². The summed E-state index contributed by atoms with van der Waals surface area (Å²) in [6, 6.07) is 12.9. The van der Waals surface area contributed by atoms with E-state index in [2.05, 4.69) is 0 Å². The molecule has 3 rings (SSSR count). The molecule has 0 aliphatic carbocycles. The van der Waals surface area contributed by atoms with Gasteiger partial charge in [-0.05, 0) is 56.7 Å². The first-order chi connectivity index (χ1) is 15.9. The number of amides is 2. The maximum atomic E-state index is 13.7. The van der Waals surface area contributed by atoms with E-state index in [0.29, 0.717) is 31.1 Å². The first kappa shape index (κ1) is 25.7. The monoisotopic (exact) mass is 492 g/mol. The van der Waals surface area contributed by atoms with Crippen LogP contribution in [0, 0.1) is 0 Å². The number of hydrogen-bond acceptors (Lipinski definition) is 4. The minimum absolute atomic E-state index is 0.0976. The second kappa shape index (κ2) is 10.5. The van der Waals surface area contributed by atoms with Gasteiger partial charge in [-0.3, -0.25) is 4.79 Å². The van der Waals surface area contributed by atoms with E-state index in [-0.39, 0.29) is 16.4 Å². The molecule has 1 fully saturated rings. The lowest BCUT2D eigenvalue weighted by molar-refractivity contribution is -0.139. The van der Waals surface area contributed by atoms with Gasteiger partial charge in [0.05, 0.1) is 5.56 Å². The number of alkyl halides is 3. The van der Waals surface area contributed by atoms with Gasteiger partial charge in [0.25, 0.3) is 0 Å². The number of ether oxygens (including phenoxy) is 1. The van der Waals surface area contributed by atoms with Gasteiger partial charge in [0.1, 0.15) is 5.60 Å². The van der Waals surface area contributed by atoms with E-state index in [9.17, 15) is 22.8 Å². The maximum absolute atomic E-state index is 13.7. The number of rotatable bonds is 4. The minimum Gasteiger partial charge on any atom is -0.444 e. The lowest BCUT2D eigenvalue weighted by Crippen LogP contribution is -2.51. The highest BCUT2D eigenvalue weighted by atomic mass is 32.2. The first-order valence-corrected chi connectivity index (χ1v) is 11.6. The molecule has 1 saturated heterocycles. The third kappa shape index (κ3) is 7.28. The van der Waals surface area contributed by atoms with Crippen molar-refractivity contribution in [1.29, 1.82) is 0 Å². The van der Waals surface area contributed by atoms with E-state index in [1.807, 2.05) is 0 Å². The summed E-state index contributed by atoms with van der Waals surface area (Å²) in [6.07, 6.45) is -2.30. The average Bonchev–Trinajstić information content (AvgIpc) is 2.77. The predicted molar refractivity (Wildman–Crippen MR) is 125 cm³/mol. The van der Waals surface area contributed by atoms with Gasteiger partial charge in [-0.25, -0.2) is 4.79 Å². The molecule has 182 valence electrons. The topological polar surface area (TPSA) is 49.9 Å². The fourth-order valence-corrected chi connectivity index (χ4v) is 4.25. The smallest absolute Gasteiger partial charge is 0.417 e. The van der Waals surface area contributed by atoms with Gasteiger partial charge in [-0.1, -0.05) is 36.0 Å². The van der Waals surface area contributed by atoms with E-state index in [1.165, 1.54) is 23.1 Å². The van der Waals surface area contributed by atoms with E-state index < -0.39 is 23.4 Å². The fraction of sp³-hybridized carbons (Fsp3) is 0.360. The fourth-order valence-electron chi connectivity index (χ4n) is 3.29. The molecule has 9 heteroatoms. The zero-order chi connectivity index (χ0) is 24.9. The molecule has 34 heavy (non-hydrogen) atoms. The van der Waals surface area contributed by atoms with Crippen LogP contribution in [0.3, 0.4) is 0 Å². The zero-order valence-corrected chi connectivity index (χ0v) is 20.1. The summed E-state index contributed by atoms with van der Waals surface area (Å²) in [5.74, 6) is -0.319. The Labute approximate surface area is 201 Å². The molecule has 1 aliphatic rings. The van der Waals surface area contributed by atoms with Gasteiger partial charge < -0.3 is 14.5 Å². The molecular formula is C25H27F3N2O3S. The molecule has 0 bridgehead atoms. The molecule has 5 nitrogen and oxygen atoms in total. The van der Waals surface area contributed by atoms with Crippen molar-refractivity contribution in [3.8, 4) is 0 Å². The molecule has 2 aromatic rings. The SMILES string of the molecule is CC(C)(C)OC(=O)N1CCN(C(=O)C=Cc2ccc(Sc3ccccc3)c(C(F)(F)F)c2)CC1. The van der Waals surface area contributed by atoms with E-state index in [4.69, 9.17) is 4.74 Å². The maximum Gasteiger partial charge on any atom is 0.417 e. The van der Waals surface area contributed by atoms with Crippen LogP contribution in [0.4, 0.5) is 18.0 Å². The van der Waals surface area contributed by atoms with Gasteiger partial charge in [0, 0.05) is 42.0 Å². The van der Waals surface area contributed by atoms with Crippen LogP contribution in [0.5, 0.6) is 0 Å². The Hall–Kier alpha value is -2.94. The second-order valence-corrected chi connectivity index (χ2v) is 9.91. The second-order valence-electron chi connectivity index (χ2n) is 8.79. The van der Waals surface area contributed by atoms with Crippen LogP contribution in [-0.2, 0) is 15.7 Å². The summed E-state index contributed by atoms with van der Waals surface area (Å²) < 4.78 is 46.4. The molecule has 0 saturated carbocycles. The summed E-state index contributed by atoms with van der Waals surface area (Å²) in [5.41, 5.74) is -1.07.